The first-order chi connectivity index (χ1) is 5.88. The molecule has 0 atom stereocenters. The highest BCUT2D eigenvalue weighted by atomic mass is 16.1. The largest absolute Gasteiger partial charge is 0.241 e. The third-order valence-electron chi connectivity index (χ3n) is 2.06. The smallest absolute Gasteiger partial charge is 0.211 e. The van der Waals surface area contributed by atoms with Crippen LogP contribution >= 0.6 is 0 Å². The quantitative estimate of drug-likeness (QED) is 0.336. The van der Waals surface area contributed by atoms with Crippen LogP contribution in [0.4, 0.5) is 0 Å². The van der Waals surface area contributed by atoms with Crippen LogP contribution in [0, 0.1) is 11.3 Å². The Labute approximate surface area is 71.4 Å². The average Bonchev–Trinajstić information content (AvgIpc) is 2.15. The van der Waals surface area contributed by atoms with Crippen molar-refractivity contribution in [2.45, 2.75) is 32.1 Å². The van der Waals surface area contributed by atoms with E-state index in [1.165, 1.54) is 12.5 Å². The monoisotopic (exact) mass is 162 g/mol. The lowest BCUT2D eigenvalue weighted by molar-refractivity contribution is 0.563. The van der Waals surface area contributed by atoms with Gasteiger partial charge in [0.25, 0.3) is 0 Å². The fourth-order valence-corrected chi connectivity index (χ4v) is 1.44. The molecule has 0 saturated heterocycles. The van der Waals surface area contributed by atoms with Gasteiger partial charge in [0.15, 0.2) is 5.70 Å². The first-order valence-corrected chi connectivity index (χ1v) is 4.08. The van der Waals surface area contributed by atoms with Gasteiger partial charge in [-0.3, -0.25) is 0 Å². The number of hydrogen-bond acceptors (Lipinski definition) is 3. The highest BCUT2D eigenvalue weighted by Gasteiger charge is 2.10. The molecule has 0 aliphatic heterocycles. The number of aliphatic imine (C=N–C) groups is 1. The minimum absolute atomic E-state index is 0.282. The molecule has 1 aliphatic carbocycles. The van der Waals surface area contributed by atoms with Gasteiger partial charge in [-0.25, -0.2) is 4.79 Å². The Morgan fingerprint density at radius 3 is 2.50 bits per heavy atom. The Bertz CT molecular complexity index is 271. The Morgan fingerprint density at radius 2 is 2.00 bits per heavy atom. The van der Waals surface area contributed by atoms with Crippen molar-refractivity contribution in [3.05, 3.63) is 11.3 Å². The second-order valence-electron chi connectivity index (χ2n) is 2.83. The summed E-state index contributed by atoms with van der Waals surface area (Å²) in [5.41, 5.74) is 1.30. The summed E-state index contributed by atoms with van der Waals surface area (Å²) in [6, 6.07) is 1.92. The molecule has 0 aromatic carbocycles. The zero-order valence-corrected chi connectivity index (χ0v) is 6.84. The Morgan fingerprint density at radius 1 is 1.33 bits per heavy atom. The summed E-state index contributed by atoms with van der Waals surface area (Å²) >= 11 is 0. The summed E-state index contributed by atoms with van der Waals surface area (Å²) in [7, 11) is 0. The highest BCUT2D eigenvalue weighted by molar-refractivity contribution is 5.42. The van der Waals surface area contributed by atoms with E-state index in [1.807, 2.05) is 6.07 Å². The molecule has 3 heteroatoms. The van der Waals surface area contributed by atoms with Crippen LogP contribution in [0.1, 0.15) is 32.1 Å². The van der Waals surface area contributed by atoms with Gasteiger partial charge in [0.05, 0.1) is 0 Å². The van der Waals surface area contributed by atoms with Crippen molar-refractivity contribution < 1.29 is 4.79 Å². The van der Waals surface area contributed by atoms with Gasteiger partial charge in [0.2, 0.25) is 6.08 Å². The van der Waals surface area contributed by atoms with Crippen molar-refractivity contribution in [1.82, 2.24) is 0 Å². The molecule has 0 aromatic heterocycles. The Balaban J connectivity index is 2.83. The summed E-state index contributed by atoms with van der Waals surface area (Å²) in [4.78, 5) is 13.3. The predicted octanol–water partition coefficient (Wildman–Crippen LogP) is 2.06. The van der Waals surface area contributed by atoms with E-state index in [1.54, 1.807) is 0 Å². The molecule has 1 rings (SSSR count). The highest BCUT2D eigenvalue weighted by Crippen LogP contribution is 2.25. The van der Waals surface area contributed by atoms with Crippen molar-refractivity contribution in [3.63, 3.8) is 0 Å². The SMILES string of the molecule is N#CC(N=C=O)=C1CCCCC1. The van der Waals surface area contributed by atoms with Gasteiger partial charge in [-0.05, 0) is 31.3 Å². The topological polar surface area (TPSA) is 53.2 Å². The van der Waals surface area contributed by atoms with Crippen LogP contribution in [-0.4, -0.2) is 6.08 Å². The van der Waals surface area contributed by atoms with Crippen LogP contribution in [0.5, 0.6) is 0 Å². The summed E-state index contributed by atoms with van der Waals surface area (Å²) in [6.07, 6.45) is 6.66. The van der Waals surface area contributed by atoms with Gasteiger partial charge in [0, 0.05) is 0 Å². The third kappa shape index (κ3) is 2.05. The molecule has 0 N–H and O–H groups in total. The maximum absolute atomic E-state index is 9.94. The summed E-state index contributed by atoms with van der Waals surface area (Å²) in [5, 5.41) is 8.63. The summed E-state index contributed by atoms with van der Waals surface area (Å²) in [5.74, 6) is 0. The second-order valence-corrected chi connectivity index (χ2v) is 2.83. The minimum Gasteiger partial charge on any atom is -0.211 e. The van der Waals surface area contributed by atoms with Crippen LogP contribution < -0.4 is 0 Å². The lowest BCUT2D eigenvalue weighted by atomic mass is 9.94. The zero-order valence-electron chi connectivity index (χ0n) is 6.84. The molecule has 12 heavy (non-hydrogen) atoms. The minimum atomic E-state index is 0.282. The van der Waals surface area contributed by atoms with E-state index in [0.717, 1.165) is 31.3 Å². The summed E-state index contributed by atoms with van der Waals surface area (Å²) < 4.78 is 0. The van der Waals surface area contributed by atoms with Gasteiger partial charge < -0.3 is 0 Å². The molecule has 1 saturated carbocycles. The van der Waals surface area contributed by atoms with Gasteiger partial charge in [-0.2, -0.15) is 10.3 Å². The van der Waals surface area contributed by atoms with Crippen LogP contribution in [0.2, 0.25) is 0 Å². The van der Waals surface area contributed by atoms with Gasteiger partial charge in [-0.15, -0.1) is 0 Å². The number of isocyanates is 1. The molecule has 0 radical (unpaired) electrons. The molecule has 0 unspecified atom stereocenters. The van der Waals surface area contributed by atoms with Crippen LogP contribution in [0.25, 0.3) is 0 Å². The van der Waals surface area contributed by atoms with E-state index in [2.05, 4.69) is 4.99 Å². The van der Waals surface area contributed by atoms with E-state index >= 15 is 0 Å². The van der Waals surface area contributed by atoms with Gasteiger partial charge in [-0.1, -0.05) is 6.42 Å². The van der Waals surface area contributed by atoms with E-state index in [0.29, 0.717) is 0 Å². The summed E-state index contributed by atoms with van der Waals surface area (Å²) in [6.45, 7) is 0. The predicted molar refractivity (Wildman–Crippen MR) is 43.8 cm³/mol. The number of nitriles is 1. The standard InChI is InChI=1S/C9H10N2O/c10-6-9(11-7-12)8-4-2-1-3-5-8/h1-5H2. The molecule has 0 amide bonds. The first-order valence-electron chi connectivity index (χ1n) is 4.08. The van der Waals surface area contributed by atoms with Crippen molar-refractivity contribution in [3.8, 4) is 6.07 Å². The van der Waals surface area contributed by atoms with E-state index in [4.69, 9.17) is 5.26 Å². The van der Waals surface area contributed by atoms with E-state index in [9.17, 15) is 4.79 Å². The van der Waals surface area contributed by atoms with Gasteiger partial charge in [0.1, 0.15) is 6.07 Å². The van der Waals surface area contributed by atoms with Crippen molar-refractivity contribution in [1.29, 1.82) is 5.26 Å². The Hall–Kier alpha value is -1.39. The number of nitrogens with zero attached hydrogens (tertiary/aromatic N) is 2. The molecule has 3 nitrogen and oxygen atoms in total. The van der Waals surface area contributed by atoms with E-state index < -0.39 is 0 Å². The number of carbonyl (C=O) groups excluding carboxylic acids is 1. The molecule has 1 fully saturated rings. The lowest BCUT2D eigenvalue weighted by Crippen LogP contribution is -1.96. The molecule has 0 bridgehead atoms. The zero-order chi connectivity index (χ0) is 8.81. The molecule has 0 heterocycles. The Kier molecular flexibility index (Phi) is 3.25. The number of allylic oxidation sites excluding steroid dienone is 2. The molecular formula is C9H10N2O. The lowest BCUT2D eigenvalue weighted by Gasteiger charge is -2.12. The van der Waals surface area contributed by atoms with Gasteiger partial charge >= 0.3 is 0 Å². The van der Waals surface area contributed by atoms with Crippen LogP contribution in [0.3, 0.4) is 0 Å². The molecule has 0 aromatic rings. The molecular weight excluding hydrogens is 152 g/mol. The first kappa shape index (κ1) is 8.70. The molecule has 0 spiro atoms. The van der Waals surface area contributed by atoms with Crippen LogP contribution in [0.15, 0.2) is 16.3 Å². The fraction of sp³-hybridized carbons (Fsp3) is 0.556. The fourth-order valence-electron chi connectivity index (χ4n) is 1.44. The maximum atomic E-state index is 9.94. The molecule has 62 valence electrons. The van der Waals surface area contributed by atoms with Crippen molar-refractivity contribution >= 4 is 6.08 Å². The van der Waals surface area contributed by atoms with Crippen LogP contribution in [-0.2, 0) is 4.79 Å². The second kappa shape index (κ2) is 4.48. The van der Waals surface area contributed by atoms with E-state index in [-0.39, 0.29) is 5.70 Å². The number of rotatable bonds is 1. The molecule has 1 aliphatic rings. The van der Waals surface area contributed by atoms with Crippen molar-refractivity contribution in [2.75, 3.05) is 0 Å². The van der Waals surface area contributed by atoms with Crippen molar-refractivity contribution in [2.24, 2.45) is 4.99 Å². The maximum Gasteiger partial charge on any atom is 0.241 e. The normalized spacial score (nSPS) is 16.1. The average molecular weight is 162 g/mol. The number of hydrogen-bond donors (Lipinski definition) is 0. The third-order valence-corrected chi connectivity index (χ3v) is 2.06.